The number of carbonyl (C=O) groups excluding carboxylic acids is 2. The van der Waals surface area contributed by atoms with E-state index in [2.05, 4.69) is 71.8 Å². The number of amides is 2. The Bertz CT molecular complexity index is 393. The van der Waals surface area contributed by atoms with E-state index in [1.165, 1.54) is 6.92 Å². The Morgan fingerprint density at radius 2 is 1.43 bits per heavy atom. The quantitative estimate of drug-likeness (QED) is 0.203. The van der Waals surface area contributed by atoms with Crippen LogP contribution in [0.15, 0.2) is 0 Å². The third-order valence-corrected chi connectivity index (χ3v) is 1.88. The summed E-state index contributed by atoms with van der Waals surface area (Å²) in [4.78, 5) is 21.9. The van der Waals surface area contributed by atoms with Crippen LogP contribution in [0.3, 0.4) is 0 Å². The van der Waals surface area contributed by atoms with Gasteiger partial charge >= 0.3 is 109 Å². The van der Waals surface area contributed by atoms with E-state index in [-0.39, 0.29) is 34.1 Å². The summed E-state index contributed by atoms with van der Waals surface area (Å²) in [5.41, 5.74) is 0. The third kappa shape index (κ3) is 25.6. The van der Waals surface area contributed by atoms with E-state index in [9.17, 15) is 9.59 Å². The van der Waals surface area contributed by atoms with Crippen LogP contribution in [0.2, 0.25) is 3.93 Å². The molecule has 2 radical (unpaired) electrons. The van der Waals surface area contributed by atoms with Gasteiger partial charge in [0.25, 0.3) is 0 Å². The van der Waals surface area contributed by atoms with Gasteiger partial charge < -0.3 is 0 Å². The van der Waals surface area contributed by atoms with Gasteiger partial charge in [0.15, 0.2) is 0 Å². The third-order valence-electron chi connectivity index (χ3n) is 1.41. The molecule has 4 nitrogen and oxygen atoms in total. The van der Waals surface area contributed by atoms with Gasteiger partial charge in [0, 0.05) is 37.2 Å². The zero-order valence-electron chi connectivity index (χ0n) is 10.3. The fraction of sp³-hybridized carbons (Fsp3) is 0.571. The largest absolute Gasteiger partial charge is 0 e. The van der Waals surface area contributed by atoms with Crippen molar-refractivity contribution in [2.45, 2.75) is 47.0 Å². The van der Waals surface area contributed by atoms with Gasteiger partial charge in [-0.15, -0.1) is 0 Å². The summed E-state index contributed by atoms with van der Waals surface area (Å²) in [5, 5.41) is 4.75. The second-order valence-electron chi connectivity index (χ2n) is 3.22. The minimum atomic E-state index is -0.496. The van der Waals surface area contributed by atoms with E-state index < -0.39 is 5.92 Å². The fourth-order valence-corrected chi connectivity index (χ4v) is 0.856. The monoisotopic (exact) mass is 628 g/mol. The van der Waals surface area contributed by atoms with E-state index in [0.29, 0.717) is 3.93 Å². The Balaban J connectivity index is -0.000000163. The summed E-state index contributed by atoms with van der Waals surface area (Å²) in [7, 11) is 0. The topological polar surface area (TPSA) is 58.2 Å². The van der Waals surface area contributed by atoms with Crippen molar-refractivity contribution in [2.24, 2.45) is 5.92 Å². The molecular weight excluding hydrogens is 601 g/mol. The van der Waals surface area contributed by atoms with Crippen molar-refractivity contribution in [1.29, 1.82) is 0 Å². The number of rotatable bonds is 1. The maximum absolute atomic E-state index is 11.4. The second kappa shape index (κ2) is 22.6. The Morgan fingerprint density at radius 1 is 1.00 bits per heavy atom. The molecule has 0 bridgehead atoms. The van der Waals surface area contributed by atoms with Crippen molar-refractivity contribution in [3.05, 3.63) is 0 Å². The molecule has 0 aromatic rings. The molecule has 0 aromatic heterocycles. The van der Waals surface area contributed by atoms with Crippen molar-refractivity contribution in [3.8, 4) is 23.9 Å². The van der Waals surface area contributed by atoms with Gasteiger partial charge in [0.1, 0.15) is 0 Å². The first-order valence-electron chi connectivity index (χ1n) is 4.91. The van der Waals surface area contributed by atoms with E-state index in [0.717, 1.165) is 22.5 Å². The molecule has 21 heavy (non-hydrogen) atoms. The van der Waals surface area contributed by atoms with E-state index in [1.807, 2.05) is 6.92 Å². The molecule has 0 aliphatic rings. The van der Waals surface area contributed by atoms with Crippen LogP contribution in [0.4, 0.5) is 0 Å². The molecular formula is C14H26I2N2O2Sn. The first-order chi connectivity index (χ1) is 8.43. The van der Waals surface area contributed by atoms with Gasteiger partial charge in [-0.3, -0.25) is 0 Å². The molecule has 0 saturated heterocycles. The van der Waals surface area contributed by atoms with E-state index in [1.54, 1.807) is 6.92 Å². The van der Waals surface area contributed by atoms with Crippen molar-refractivity contribution in [3.63, 3.8) is 0 Å². The maximum atomic E-state index is 11.4. The number of nitrogens with one attached hydrogen (secondary N) is 2. The van der Waals surface area contributed by atoms with Crippen LogP contribution in [0.5, 0.6) is 0 Å². The molecule has 2 amide bonds. The van der Waals surface area contributed by atoms with Crippen LogP contribution < -0.4 is 10.6 Å². The van der Waals surface area contributed by atoms with Gasteiger partial charge in [-0.05, 0) is 0 Å². The van der Waals surface area contributed by atoms with E-state index >= 15 is 0 Å². The summed E-state index contributed by atoms with van der Waals surface area (Å²) < 4.78 is 0.339. The summed E-state index contributed by atoms with van der Waals surface area (Å²) in [5.74, 6) is 4.46. The smallest absolute Gasteiger partial charge is 0 e. The van der Waals surface area contributed by atoms with Crippen molar-refractivity contribution in [1.82, 2.24) is 10.6 Å². The number of carbonyl (C=O) groups is 2. The van der Waals surface area contributed by atoms with Crippen molar-refractivity contribution < 1.29 is 9.59 Å². The summed E-state index contributed by atoms with van der Waals surface area (Å²) >= 11 is 5.28. The fourth-order valence-electron chi connectivity index (χ4n) is 0.618. The molecule has 0 saturated carbocycles. The molecule has 0 fully saturated rings. The second-order valence-corrected chi connectivity index (χ2v) is 6.07. The van der Waals surface area contributed by atoms with Crippen LogP contribution in [0, 0.1) is 29.8 Å². The molecule has 0 heterocycles. The Kier molecular flexibility index (Phi) is 35.6. The first-order valence-corrected chi connectivity index (χ1v) is 13.1. The average Bonchev–Trinajstić information content (AvgIpc) is 2.30. The first kappa shape index (κ1) is 33.1. The molecule has 122 valence electrons. The zero-order chi connectivity index (χ0) is 14.6. The molecule has 0 aliphatic heterocycles. The van der Waals surface area contributed by atoms with Crippen LogP contribution in [-0.2, 0) is 9.59 Å². The van der Waals surface area contributed by atoms with Gasteiger partial charge in [0.2, 0.25) is 0 Å². The van der Waals surface area contributed by atoms with Gasteiger partial charge in [-0.1, -0.05) is 22.3 Å². The standard InChI is InChI=1S/C11H13N2O2.3CH4.I2.Sn.H/c1-4-5-7-13-11(15)9(2)6-8-12-10(3)14;;;;1-2;;/h4,9H,1-3H3,(H,12,14)(H,13,15);3*1H4;;;. The average molecular weight is 627 g/mol. The Hall–Kier alpha value is 0.319. The Morgan fingerprint density at radius 3 is 1.81 bits per heavy atom. The predicted octanol–water partition coefficient (Wildman–Crippen LogP) is 3.19. The summed E-state index contributed by atoms with van der Waals surface area (Å²) in [6, 6.07) is 5.01. The summed E-state index contributed by atoms with van der Waals surface area (Å²) in [6.45, 7) is 4.99. The SMILES string of the molecule is C.C.C.CC(=O)NC#CC(C)C(=O)NC#C[CH](C)[SnH].II. The van der Waals surface area contributed by atoms with Crippen LogP contribution >= 0.6 is 37.2 Å². The van der Waals surface area contributed by atoms with Crippen LogP contribution in [0.1, 0.15) is 43.1 Å². The molecule has 7 heteroatoms. The maximum Gasteiger partial charge on any atom is 0 e. The summed E-state index contributed by atoms with van der Waals surface area (Å²) in [6.07, 6.45) is 0. The number of hydrogen-bond acceptors (Lipinski definition) is 2. The normalized spacial score (nSPS) is 9.43. The minimum absolute atomic E-state index is 0. The van der Waals surface area contributed by atoms with Gasteiger partial charge in [-0.2, -0.15) is 0 Å². The number of hydrogen-bond donors (Lipinski definition) is 2. The number of halogens is 2. The van der Waals surface area contributed by atoms with Crippen LogP contribution in [-0.4, -0.2) is 34.3 Å². The predicted molar refractivity (Wildman–Crippen MR) is 111 cm³/mol. The molecule has 2 atom stereocenters. The molecule has 0 spiro atoms. The molecule has 0 aromatic carbocycles. The van der Waals surface area contributed by atoms with E-state index in [4.69, 9.17) is 0 Å². The molecule has 0 aliphatic carbocycles. The van der Waals surface area contributed by atoms with Crippen molar-refractivity contribution in [2.75, 3.05) is 0 Å². The minimum Gasteiger partial charge on any atom is 0 e. The molecule has 2 unspecified atom stereocenters. The van der Waals surface area contributed by atoms with Gasteiger partial charge in [0.05, 0.1) is 0 Å². The Labute approximate surface area is 167 Å². The molecule has 0 rings (SSSR count). The van der Waals surface area contributed by atoms with Gasteiger partial charge in [-0.25, -0.2) is 0 Å². The van der Waals surface area contributed by atoms with Crippen molar-refractivity contribution >= 4 is 71.6 Å². The molecule has 2 N–H and O–H groups in total. The van der Waals surface area contributed by atoms with Crippen LogP contribution in [0.25, 0.3) is 0 Å². The zero-order valence-corrected chi connectivity index (χ0v) is 17.9.